The Kier molecular flexibility index (Phi) is 5.05. The fourth-order valence-corrected chi connectivity index (χ4v) is 3.79. The van der Waals surface area contributed by atoms with Gasteiger partial charge in [0.2, 0.25) is 0 Å². The summed E-state index contributed by atoms with van der Waals surface area (Å²) in [5.74, 6) is 0.389. The molecule has 130 valence electrons. The molecule has 0 bridgehead atoms. The molecule has 0 saturated carbocycles. The van der Waals surface area contributed by atoms with Crippen molar-refractivity contribution < 1.29 is 21.0 Å². The molecule has 24 heavy (non-hydrogen) atoms. The zero-order valence-electron chi connectivity index (χ0n) is 14.0. The number of hydrogen-bond acceptors (Lipinski definition) is 5. The van der Waals surface area contributed by atoms with Gasteiger partial charge in [-0.25, -0.2) is 8.42 Å². The standard InChI is InChI=1S/C17H20O5S2/c1-12(2)16-10-5-13(3)11-17(16)22-24(20,21)15-8-6-14(7-9-15)23(4,18)19/h5-12H,1-4H3. The predicted octanol–water partition coefficient (Wildman–Crippen LogP) is 3.29. The quantitative estimate of drug-likeness (QED) is 0.757. The van der Waals surface area contributed by atoms with Crippen LogP contribution in [-0.2, 0) is 20.0 Å². The van der Waals surface area contributed by atoms with Crippen molar-refractivity contribution in [3.63, 3.8) is 0 Å². The molecule has 0 aliphatic carbocycles. The Morgan fingerprint density at radius 3 is 1.92 bits per heavy atom. The van der Waals surface area contributed by atoms with E-state index in [0.29, 0.717) is 0 Å². The Bertz CT molecular complexity index is 941. The fraction of sp³-hybridized carbons (Fsp3) is 0.294. The van der Waals surface area contributed by atoms with Crippen LogP contribution < -0.4 is 4.18 Å². The summed E-state index contributed by atoms with van der Waals surface area (Å²) in [6, 6.07) is 10.4. The van der Waals surface area contributed by atoms with Crippen LogP contribution in [0.5, 0.6) is 5.75 Å². The number of aryl methyl sites for hydroxylation is 1. The SMILES string of the molecule is Cc1ccc(C(C)C)c(OS(=O)(=O)c2ccc(S(C)(=O)=O)cc2)c1. The van der Waals surface area contributed by atoms with E-state index in [1.54, 1.807) is 6.07 Å². The summed E-state index contributed by atoms with van der Waals surface area (Å²) >= 11 is 0. The van der Waals surface area contributed by atoms with Gasteiger partial charge >= 0.3 is 10.1 Å². The molecule has 5 nitrogen and oxygen atoms in total. The van der Waals surface area contributed by atoms with Crippen molar-refractivity contribution in [3.8, 4) is 5.75 Å². The van der Waals surface area contributed by atoms with Crippen LogP contribution in [0.1, 0.15) is 30.9 Å². The van der Waals surface area contributed by atoms with Crippen LogP contribution in [0.3, 0.4) is 0 Å². The topological polar surface area (TPSA) is 77.5 Å². The van der Waals surface area contributed by atoms with Gasteiger partial charge in [-0.05, 0) is 54.3 Å². The first-order valence-electron chi connectivity index (χ1n) is 7.36. The average Bonchev–Trinajstić information content (AvgIpc) is 2.45. The zero-order chi connectivity index (χ0) is 18.1. The van der Waals surface area contributed by atoms with Gasteiger partial charge in [0, 0.05) is 6.26 Å². The van der Waals surface area contributed by atoms with E-state index in [9.17, 15) is 16.8 Å². The number of rotatable bonds is 5. The molecular weight excluding hydrogens is 348 g/mol. The lowest BCUT2D eigenvalue weighted by molar-refractivity contribution is 0.481. The summed E-state index contributed by atoms with van der Waals surface area (Å²) in [7, 11) is -7.43. The number of sulfone groups is 1. The van der Waals surface area contributed by atoms with E-state index in [0.717, 1.165) is 17.4 Å². The summed E-state index contributed by atoms with van der Waals surface area (Å²) in [6.07, 6.45) is 1.06. The molecule has 0 aliphatic heterocycles. The summed E-state index contributed by atoms with van der Waals surface area (Å²) < 4.78 is 53.2. The van der Waals surface area contributed by atoms with Crippen LogP contribution in [0, 0.1) is 6.92 Å². The molecule has 7 heteroatoms. The summed E-state index contributed by atoms with van der Waals surface area (Å²) in [6.45, 7) is 5.75. The molecule has 2 rings (SSSR count). The maximum absolute atomic E-state index is 12.5. The van der Waals surface area contributed by atoms with Crippen LogP contribution >= 0.6 is 0 Å². The Hall–Kier alpha value is -1.86. The second kappa shape index (κ2) is 6.57. The van der Waals surface area contributed by atoms with E-state index in [2.05, 4.69) is 0 Å². The molecule has 0 heterocycles. The van der Waals surface area contributed by atoms with Crippen molar-refractivity contribution in [1.82, 2.24) is 0 Å². The van der Waals surface area contributed by atoms with E-state index in [4.69, 9.17) is 4.18 Å². The summed E-state index contributed by atoms with van der Waals surface area (Å²) in [5, 5.41) is 0. The first kappa shape index (κ1) is 18.5. The predicted molar refractivity (Wildman–Crippen MR) is 92.6 cm³/mol. The van der Waals surface area contributed by atoms with Crippen LogP contribution in [0.2, 0.25) is 0 Å². The third-order valence-electron chi connectivity index (χ3n) is 3.53. The highest BCUT2D eigenvalue weighted by Gasteiger charge is 2.20. The lowest BCUT2D eigenvalue weighted by Crippen LogP contribution is -2.12. The van der Waals surface area contributed by atoms with E-state index in [1.165, 1.54) is 24.3 Å². The van der Waals surface area contributed by atoms with Gasteiger partial charge in [-0.1, -0.05) is 26.0 Å². The van der Waals surface area contributed by atoms with Crippen LogP contribution in [-0.4, -0.2) is 23.1 Å². The highest BCUT2D eigenvalue weighted by Crippen LogP contribution is 2.30. The zero-order valence-corrected chi connectivity index (χ0v) is 15.6. The molecule has 0 saturated heterocycles. The number of benzene rings is 2. The monoisotopic (exact) mass is 368 g/mol. The highest BCUT2D eigenvalue weighted by molar-refractivity contribution is 7.90. The second-order valence-corrected chi connectivity index (χ2v) is 9.54. The summed E-state index contributed by atoms with van der Waals surface area (Å²) in [5.41, 5.74) is 1.67. The molecule has 0 aromatic heterocycles. The Balaban J connectivity index is 2.41. The fourth-order valence-electron chi connectivity index (χ4n) is 2.21. The third-order valence-corrected chi connectivity index (χ3v) is 5.91. The molecule has 0 atom stereocenters. The first-order chi connectivity index (χ1) is 11.0. The minimum Gasteiger partial charge on any atom is -0.379 e. The normalized spacial score (nSPS) is 12.4. The molecule has 0 amide bonds. The van der Waals surface area contributed by atoms with Gasteiger partial charge in [-0.2, -0.15) is 8.42 Å². The molecule has 0 N–H and O–H groups in total. The van der Waals surface area contributed by atoms with Gasteiger partial charge in [-0.15, -0.1) is 0 Å². The van der Waals surface area contributed by atoms with Gasteiger partial charge in [0.1, 0.15) is 10.6 Å². The molecular formula is C17H20O5S2. The van der Waals surface area contributed by atoms with Crippen molar-refractivity contribution in [2.45, 2.75) is 36.5 Å². The molecule has 0 unspecified atom stereocenters. The lowest BCUT2D eigenvalue weighted by atomic mass is 10.0. The van der Waals surface area contributed by atoms with Crippen LogP contribution in [0.25, 0.3) is 0 Å². The first-order valence-corrected chi connectivity index (χ1v) is 10.7. The van der Waals surface area contributed by atoms with Crippen molar-refractivity contribution in [2.24, 2.45) is 0 Å². The van der Waals surface area contributed by atoms with Crippen molar-refractivity contribution in [3.05, 3.63) is 53.6 Å². The van der Waals surface area contributed by atoms with Gasteiger partial charge < -0.3 is 4.18 Å². The second-order valence-electron chi connectivity index (χ2n) is 5.98. The smallest absolute Gasteiger partial charge is 0.339 e. The molecule has 0 spiro atoms. The molecule has 2 aromatic carbocycles. The van der Waals surface area contributed by atoms with E-state index in [1.807, 2.05) is 32.9 Å². The largest absolute Gasteiger partial charge is 0.379 e. The highest BCUT2D eigenvalue weighted by atomic mass is 32.2. The van der Waals surface area contributed by atoms with Crippen molar-refractivity contribution in [1.29, 1.82) is 0 Å². The molecule has 2 aromatic rings. The molecule has 0 radical (unpaired) electrons. The Morgan fingerprint density at radius 1 is 0.875 bits per heavy atom. The molecule has 0 fully saturated rings. The van der Waals surface area contributed by atoms with Crippen molar-refractivity contribution >= 4 is 20.0 Å². The lowest BCUT2D eigenvalue weighted by Gasteiger charge is -2.14. The van der Waals surface area contributed by atoms with Crippen LogP contribution in [0.15, 0.2) is 52.3 Å². The van der Waals surface area contributed by atoms with E-state index < -0.39 is 20.0 Å². The Labute approximate surface area is 143 Å². The Morgan fingerprint density at radius 2 is 1.42 bits per heavy atom. The summed E-state index contributed by atoms with van der Waals surface area (Å²) in [4.78, 5) is -0.0361. The van der Waals surface area contributed by atoms with Gasteiger partial charge in [0.15, 0.2) is 9.84 Å². The third kappa shape index (κ3) is 4.15. The van der Waals surface area contributed by atoms with E-state index >= 15 is 0 Å². The minimum absolute atomic E-state index is 0.0554. The van der Waals surface area contributed by atoms with E-state index in [-0.39, 0.29) is 21.5 Å². The maximum Gasteiger partial charge on any atom is 0.339 e. The van der Waals surface area contributed by atoms with Gasteiger partial charge in [0.05, 0.1) is 4.90 Å². The van der Waals surface area contributed by atoms with Gasteiger partial charge in [-0.3, -0.25) is 0 Å². The van der Waals surface area contributed by atoms with Crippen molar-refractivity contribution in [2.75, 3.05) is 6.26 Å². The van der Waals surface area contributed by atoms with Gasteiger partial charge in [0.25, 0.3) is 0 Å². The maximum atomic E-state index is 12.5. The molecule has 0 aliphatic rings. The average molecular weight is 368 g/mol. The number of hydrogen-bond donors (Lipinski definition) is 0. The van der Waals surface area contributed by atoms with Crippen LogP contribution in [0.4, 0.5) is 0 Å². The minimum atomic E-state index is -4.04.